The van der Waals surface area contributed by atoms with E-state index in [9.17, 15) is 5.11 Å². The highest BCUT2D eigenvalue weighted by molar-refractivity contribution is 9.10. The quantitative estimate of drug-likeness (QED) is 0.841. The molecule has 0 radical (unpaired) electrons. The van der Waals surface area contributed by atoms with Crippen LogP contribution < -0.4 is 15.2 Å². The lowest BCUT2D eigenvalue weighted by atomic mass is 9.86. The summed E-state index contributed by atoms with van der Waals surface area (Å²) in [5, 5.41) is 10.5. The molecule has 108 valence electrons. The van der Waals surface area contributed by atoms with Gasteiger partial charge in [0.2, 0.25) is 0 Å². The molecular weight excluding hydrogens is 310 g/mol. The van der Waals surface area contributed by atoms with Gasteiger partial charge in [0.25, 0.3) is 0 Å². The van der Waals surface area contributed by atoms with Gasteiger partial charge in [-0.25, -0.2) is 0 Å². The van der Waals surface area contributed by atoms with Gasteiger partial charge in [0.15, 0.2) is 0 Å². The molecule has 1 rings (SSSR count). The van der Waals surface area contributed by atoms with Crippen LogP contribution in [-0.2, 0) is 0 Å². The molecule has 2 unspecified atom stereocenters. The Bertz CT molecular complexity index is 423. The summed E-state index contributed by atoms with van der Waals surface area (Å²) in [4.78, 5) is 0. The zero-order valence-corrected chi connectivity index (χ0v) is 13.4. The Labute approximate surface area is 123 Å². The third-order valence-corrected chi connectivity index (χ3v) is 4.12. The summed E-state index contributed by atoms with van der Waals surface area (Å²) in [6, 6.07) is 3.62. The number of aliphatic hydroxyl groups is 1. The summed E-state index contributed by atoms with van der Waals surface area (Å²) < 4.78 is 11.3. The standard InChI is InChI=1S/C14H22BrNO3/c1-8(2)10(7-16)13(17)9-5-6-11(18-3)12(15)14(9)19-4/h5-6,8,10,13,17H,7,16H2,1-4H3. The van der Waals surface area contributed by atoms with Crippen LogP contribution in [0.15, 0.2) is 16.6 Å². The molecule has 0 aromatic heterocycles. The van der Waals surface area contributed by atoms with E-state index in [2.05, 4.69) is 15.9 Å². The second-order valence-corrected chi connectivity index (χ2v) is 5.59. The molecule has 4 nitrogen and oxygen atoms in total. The molecule has 0 aliphatic heterocycles. The predicted molar refractivity (Wildman–Crippen MR) is 79.6 cm³/mol. The lowest BCUT2D eigenvalue weighted by Crippen LogP contribution is -2.27. The maximum absolute atomic E-state index is 10.5. The first-order valence-corrected chi connectivity index (χ1v) is 7.05. The summed E-state index contributed by atoms with van der Waals surface area (Å²) in [5.41, 5.74) is 6.48. The zero-order valence-electron chi connectivity index (χ0n) is 11.8. The van der Waals surface area contributed by atoms with Crippen molar-refractivity contribution in [3.05, 3.63) is 22.2 Å². The Morgan fingerprint density at radius 3 is 2.32 bits per heavy atom. The highest BCUT2D eigenvalue weighted by Gasteiger charge is 2.27. The van der Waals surface area contributed by atoms with E-state index in [0.29, 0.717) is 22.5 Å². The molecule has 19 heavy (non-hydrogen) atoms. The van der Waals surface area contributed by atoms with Gasteiger partial charge in [-0.1, -0.05) is 13.8 Å². The maximum Gasteiger partial charge on any atom is 0.142 e. The lowest BCUT2D eigenvalue weighted by molar-refractivity contribution is 0.0835. The van der Waals surface area contributed by atoms with Gasteiger partial charge in [-0.15, -0.1) is 0 Å². The van der Waals surface area contributed by atoms with Crippen molar-refractivity contribution in [1.82, 2.24) is 0 Å². The fraction of sp³-hybridized carbons (Fsp3) is 0.571. The summed E-state index contributed by atoms with van der Waals surface area (Å²) in [6.45, 7) is 4.52. The van der Waals surface area contributed by atoms with Crippen molar-refractivity contribution in [2.45, 2.75) is 20.0 Å². The molecule has 0 aliphatic carbocycles. The van der Waals surface area contributed by atoms with Crippen molar-refractivity contribution >= 4 is 15.9 Å². The van der Waals surface area contributed by atoms with E-state index in [1.807, 2.05) is 19.9 Å². The minimum absolute atomic E-state index is 0.0193. The number of methoxy groups -OCH3 is 2. The van der Waals surface area contributed by atoms with Crippen molar-refractivity contribution in [3.63, 3.8) is 0 Å². The smallest absolute Gasteiger partial charge is 0.142 e. The normalized spacial score (nSPS) is 14.3. The van der Waals surface area contributed by atoms with Gasteiger partial charge in [-0.05, 0) is 40.5 Å². The van der Waals surface area contributed by atoms with Gasteiger partial charge < -0.3 is 20.3 Å². The fourth-order valence-corrected chi connectivity index (χ4v) is 2.83. The minimum Gasteiger partial charge on any atom is -0.495 e. The molecule has 3 N–H and O–H groups in total. The van der Waals surface area contributed by atoms with Crippen LogP contribution in [0.4, 0.5) is 0 Å². The second-order valence-electron chi connectivity index (χ2n) is 4.79. The number of hydrogen-bond acceptors (Lipinski definition) is 4. The number of halogens is 1. The predicted octanol–water partition coefficient (Wildman–Crippen LogP) is 2.73. The number of benzene rings is 1. The molecule has 0 saturated carbocycles. The molecule has 0 aliphatic rings. The molecule has 5 heteroatoms. The van der Waals surface area contributed by atoms with Crippen molar-refractivity contribution in [1.29, 1.82) is 0 Å². The molecular formula is C14H22BrNO3. The number of rotatable bonds is 6. The summed E-state index contributed by atoms with van der Waals surface area (Å²) >= 11 is 3.44. The van der Waals surface area contributed by atoms with Crippen molar-refractivity contribution in [2.75, 3.05) is 20.8 Å². The van der Waals surface area contributed by atoms with E-state index in [-0.39, 0.29) is 11.8 Å². The largest absolute Gasteiger partial charge is 0.495 e. The van der Waals surface area contributed by atoms with Crippen LogP contribution in [-0.4, -0.2) is 25.9 Å². The van der Waals surface area contributed by atoms with Crippen molar-refractivity contribution < 1.29 is 14.6 Å². The van der Waals surface area contributed by atoms with Gasteiger partial charge in [-0.2, -0.15) is 0 Å². The number of hydrogen-bond donors (Lipinski definition) is 2. The Balaban J connectivity index is 3.23. The van der Waals surface area contributed by atoms with Gasteiger partial charge in [0, 0.05) is 11.5 Å². The van der Waals surface area contributed by atoms with E-state index < -0.39 is 6.10 Å². The summed E-state index contributed by atoms with van der Waals surface area (Å²) in [6.07, 6.45) is -0.665. The molecule has 1 aromatic carbocycles. The van der Waals surface area contributed by atoms with E-state index in [1.165, 1.54) is 0 Å². The van der Waals surface area contributed by atoms with E-state index in [0.717, 1.165) is 5.56 Å². The first kappa shape index (κ1) is 16.3. The highest BCUT2D eigenvalue weighted by atomic mass is 79.9. The number of ether oxygens (including phenoxy) is 2. The molecule has 0 saturated heterocycles. The van der Waals surface area contributed by atoms with Crippen LogP contribution in [0.25, 0.3) is 0 Å². The first-order chi connectivity index (χ1) is 8.97. The maximum atomic E-state index is 10.5. The number of nitrogens with two attached hydrogens (primary N) is 1. The lowest BCUT2D eigenvalue weighted by Gasteiger charge is -2.27. The molecule has 0 bridgehead atoms. The van der Waals surface area contributed by atoms with Crippen LogP contribution in [0, 0.1) is 11.8 Å². The molecule has 0 fully saturated rings. The zero-order chi connectivity index (χ0) is 14.6. The molecule has 0 amide bonds. The second kappa shape index (κ2) is 7.12. The van der Waals surface area contributed by atoms with Crippen LogP contribution in [0.5, 0.6) is 11.5 Å². The van der Waals surface area contributed by atoms with E-state index in [4.69, 9.17) is 15.2 Å². The van der Waals surface area contributed by atoms with Crippen LogP contribution >= 0.6 is 15.9 Å². The van der Waals surface area contributed by atoms with Gasteiger partial charge in [0.1, 0.15) is 16.0 Å². The van der Waals surface area contributed by atoms with Gasteiger partial charge >= 0.3 is 0 Å². The fourth-order valence-electron chi connectivity index (χ4n) is 2.15. The van der Waals surface area contributed by atoms with Crippen LogP contribution in [0.3, 0.4) is 0 Å². The Morgan fingerprint density at radius 1 is 1.26 bits per heavy atom. The molecule has 0 heterocycles. The third-order valence-electron chi connectivity index (χ3n) is 3.37. The average molecular weight is 332 g/mol. The Kier molecular flexibility index (Phi) is 6.10. The summed E-state index contributed by atoms with van der Waals surface area (Å²) in [5.74, 6) is 1.52. The topological polar surface area (TPSA) is 64.7 Å². The monoisotopic (exact) mass is 331 g/mol. The minimum atomic E-state index is -0.665. The van der Waals surface area contributed by atoms with E-state index in [1.54, 1.807) is 20.3 Å². The number of aliphatic hydroxyl groups excluding tert-OH is 1. The van der Waals surface area contributed by atoms with Crippen molar-refractivity contribution in [3.8, 4) is 11.5 Å². The Hall–Kier alpha value is -0.780. The third kappa shape index (κ3) is 3.41. The van der Waals surface area contributed by atoms with Crippen molar-refractivity contribution in [2.24, 2.45) is 17.6 Å². The highest BCUT2D eigenvalue weighted by Crippen LogP contribution is 2.42. The average Bonchev–Trinajstić information content (AvgIpc) is 2.38. The molecule has 1 aromatic rings. The van der Waals surface area contributed by atoms with Crippen LogP contribution in [0.2, 0.25) is 0 Å². The Morgan fingerprint density at radius 2 is 1.89 bits per heavy atom. The summed E-state index contributed by atoms with van der Waals surface area (Å²) in [7, 11) is 3.16. The van der Waals surface area contributed by atoms with E-state index >= 15 is 0 Å². The molecule has 0 spiro atoms. The van der Waals surface area contributed by atoms with Gasteiger partial charge in [-0.3, -0.25) is 0 Å². The van der Waals surface area contributed by atoms with Gasteiger partial charge in [0.05, 0.1) is 20.3 Å². The first-order valence-electron chi connectivity index (χ1n) is 6.26. The SMILES string of the molecule is COc1ccc(C(O)C(CN)C(C)C)c(OC)c1Br. The van der Waals surface area contributed by atoms with Crippen LogP contribution in [0.1, 0.15) is 25.5 Å². The molecule has 2 atom stereocenters.